The lowest BCUT2D eigenvalue weighted by atomic mass is 10.0. The molecule has 4 heterocycles. The lowest BCUT2D eigenvalue weighted by Crippen LogP contribution is -2.30. The van der Waals surface area contributed by atoms with Gasteiger partial charge in [0.25, 0.3) is 5.78 Å². The van der Waals surface area contributed by atoms with Crippen molar-refractivity contribution >= 4 is 33.1 Å². The van der Waals surface area contributed by atoms with Gasteiger partial charge < -0.3 is 10.2 Å². The van der Waals surface area contributed by atoms with Gasteiger partial charge in [0.2, 0.25) is 0 Å². The van der Waals surface area contributed by atoms with E-state index < -0.39 is 0 Å². The summed E-state index contributed by atoms with van der Waals surface area (Å²) in [4.78, 5) is 12.2. The first-order chi connectivity index (χ1) is 13.2. The summed E-state index contributed by atoms with van der Waals surface area (Å²) in [5.41, 5.74) is 1.43. The fraction of sp³-hybridized carbons (Fsp3) is 0.667. The number of hydrogen-bond donors (Lipinski definition) is 1. The van der Waals surface area contributed by atoms with E-state index in [0.29, 0.717) is 5.78 Å². The summed E-state index contributed by atoms with van der Waals surface area (Å²) >= 11 is 1.81. The third kappa shape index (κ3) is 3.51. The number of anilines is 1. The molecule has 0 bridgehead atoms. The highest BCUT2D eigenvalue weighted by molar-refractivity contribution is 7.19. The van der Waals surface area contributed by atoms with Crippen LogP contribution in [0.15, 0.2) is 0 Å². The molecule has 0 radical (unpaired) electrons. The van der Waals surface area contributed by atoms with E-state index in [2.05, 4.69) is 51.4 Å². The van der Waals surface area contributed by atoms with Crippen LogP contribution in [0, 0.1) is 0 Å². The van der Waals surface area contributed by atoms with Gasteiger partial charge in [-0.3, -0.25) is 4.90 Å². The lowest BCUT2D eigenvalue weighted by molar-refractivity contribution is 0.258. The molecular weight excluding hydrogens is 360 g/mol. The molecule has 8 nitrogen and oxygen atoms in total. The number of tetrazole rings is 1. The summed E-state index contributed by atoms with van der Waals surface area (Å²) in [7, 11) is 0. The van der Waals surface area contributed by atoms with E-state index in [0.717, 1.165) is 62.9 Å². The average molecular weight is 389 g/mol. The minimum absolute atomic E-state index is 0.567. The van der Waals surface area contributed by atoms with Crippen molar-refractivity contribution in [3.05, 3.63) is 10.4 Å². The molecule has 0 aliphatic carbocycles. The largest absolute Gasteiger partial charge is 0.368 e. The van der Waals surface area contributed by atoms with E-state index in [4.69, 9.17) is 4.98 Å². The highest BCUT2D eigenvalue weighted by Crippen LogP contribution is 2.38. The topological polar surface area (TPSA) is 74.5 Å². The number of nitrogens with one attached hydrogen (secondary N) is 1. The predicted molar refractivity (Wildman–Crippen MR) is 110 cm³/mol. The molecule has 0 aromatic carbocycles. The van der Waals surface area contributed by atoms with E-state index in [-0.39, 0.29) is 0 Å². The van der Waals surface area contributed by atoms with Gasteiger partial charge >= 0.3 is 0 Å². The molecule has 0 unspecified atom stereocenters. The summed E-state index contributed by atoms with van der Waals surface area (Å²) < 4.78 is 1.79. The van der Waals surface area contributed by atoms with Gasteiger partial charge in [-0.05, 0) is 48.5 Å². The smallest absolute Gasteiger partial charge is 0.276 e. The van der Waals surface area contributed by atoms with Crippen LogP contribution in [0.5, 0.6) is 0 Å². The number of nitrogens with zero attached hydrogens (tertiary/aromatic N) is 7. The molecule has 146 valence electrons. The van der Waals surface area contributed by atoms with E-state index in [1.165, 1.54) is 22.2 Å². The van der Waals surface area contributed by atoms with Crippen molar-refractivity contribution in [1.82, 2.24) is 34.8 Å². The Bertz CT molecular complexity index is 913. The maximum atomic E-state index is 4.74. The molecule has 0 atom stereocenters. The van der Waals surface area contributed by atoms with Gasteiger partial charge in [0.15, 0.2) is 0 Å². The Morgan fingerprint density at radius 2 is 2.07 bits per heavy atom. The minimum atomic E-state index is 0.567. The molecule has 1 aliphatic heterocycles. The average Bonchev–Trinajstić information content (AvgIpc) is 3.29. The molecule has 1 aliphatic rings. The Morgan fingerprint density at radius 1 is 1.22 bits per heavy atom. The molecular formula is C18H28N8S. The molecule has 0 saturated heterocycles. The first-order valence-corrected chi connectivity index (χ1v) is 10.8. The van der Waals surface area contributed by atoms with Crippen molar-refractivity contribution in [2.45, 2.75) is 40.2 Å². The van der Waals surface area contributed by atoms with Crippen molar-refractivity contribution in [2.24, 2.45) is 0 Å². The van der Waals surface area contributed by atoms with Crippen LogP contribution in [0.3, 0.4) is 0 Å². The second kappa shape index (κ2) is 8.04. The maximum absolute atomic E-state index is 4.74. The zero-order chi connectivity index (χ0) is 18.8. The van der Waals surface area contributed by atoms with Crippen molar-refractivity contribution in [3.8, 4) is 0 Å². The normalized spacial score (nSPS) is 15.1. The molecule has 3 aromatic rings. The summed E-state index contributed by atoms with van der Waals surface area (Å²) in [6.07, 6.45) is 2.26. The summed E-state index contributed by atoms with van der Waals surface area (Å²) in [6.45, 7) is 13.9. The quantitative estimate of drug-likeness (QED) is 0.634. The van der Waals surface area contributed by atoms with E-state index in [1.807, 2.05) is 11.3 Å². The number of fused-ring (bicyclic) bond motifs is 5. The van der Waals surface area contributed by atoms with Gasteiger partial charge in [-0.2, -0.15) is 9.50 Å². The van der Waals surface area contributed by atoms with E-state index in [1.54, 1.807) is 4.52 Å². The Labute approximate surface area is 163 Å². The molecule has 27 heavy (non-hydrogen) atoms. The second-order valence-electron chi connectivity index (χ2n) is 7.01. The van der Waals surface area contributed by atoms with Gasteiger partial charge in [-0.15, -0.1) is 11.3 Å². The number of aromatic nitrogens is 5. The molecule has 4 rings (SSSR count). The molecule has 3 aromatic heterocycles. The summed E-state index contributed by atoms with van der Waals surface area (Å²) in [5.74, 6) is 1.50. The molecule has 0 saturated carbocycles. The van der Waals surface area contributed by atoms with Crippen LogP contribution in [0.1, 0.15) is 37.6 Å². The SMILES string of the molecule is CCCN1CCc2c(sc3c2c(NCCN(CC)CC)nc2nnnn23)C1. The Balaban J connectivity index is 1.69. The second-order valence-corrected chi connectivity index (χ2v) is 8.10. The number of thiophene rings is 1. The van der Waals surface area contributed by atoms with Gasteiger partial charge in [0, 0.05) is 31.1 Å². The van der Waals surface area contributed by atoms with Crippen LogP contribution in [0.2, 0.25) is 0 Å². The van der Waals surface area contributed by atoms with Gasteiger partial charge in [-0.1, -0.05) is 25.9 Å². The molecule has 1 N–H and O–H groups in total. The molecule has 0 amide bonds. The highest BCUT2D eigenvalue weighted by Gasteiger charge is 2.25. The monoisotopic (exact) mass is 388 g/mol. The van der Waals surface area contributed by atoms with Gasteiger partial charge in [-0.25, -0.2) is 0 Å². The number of likely N-dealkylation sites (N-methyl/N-ethyl adjacent to an activating group) is 1. The summed E-state index contributed by atoms with van der Waals surface area (Å²) in [5, 5.41) is 16.9. The van der Waals surface area contributed by atoms with E-state index >= 15 is 0 Å². The molecule has 0 fully saturated rings. The zero-order valence-electron chi connectivity index (χ0n) is 16.4. The van der Waals surface area contributed by atoms with Crippen LogP contribution in [0.25, 0.3) is 16.0 Å². The zero-order valence-corrected chi connectivity index (χ0v) is 17.2. The highest BCUT2D eigenvalue weighted by atomic mass is 32.1. The Hall–Kier alpha value is -1.84. The molecule has 0 spiro atoms. The fourth-order valence-corrected chi connectivity index (χ4v) is 5.22. The Morgan fingerprint density at radius 3 is 2.85 bits per heavy atom. The maximum Gasteiger partial charge on any atom is 0.276 e. The first-order valence-electron chi connectivity index (χ1n) is 9.96. The fourth-order valence-electron chi connectivity index (χ4n) is 3.88. The Kier molecular flexibility index (Phi) is 5.51. The predicted octanol–water partition coefficient (Wildman–Crippen LogP) is 2.26. The third-order valence-electron chi connectivity index (χ3n) is 5.37. The van der Waals surface area contributed by atoms with Crippen molar-refractivity contribution in [1.29, 1.82) is 0 Å². The first kappa shape index (κ1) is 18.5. The standard InChI is InChI=1S/C18H28N8S/c1-4-9-25-10-7-13-14(12-25)27-17-15(13)16(19-8-11-24(5-2)6-3)20-18-21-22-23-26(17)18/h4-12H2,1-3H3,(H,19,20,21,23). The van der Waals surface area contributed by atoms with Crippen molar-refractivity contribution in [2.75, 3.05) is 44.6 Å². The lowest BCUT2D eigenvalue weighted by Gasteiger charge is -2.26. The number of hydrogen-bond acceptors (Lipinski definition) is 8. The van der Waals surface area contributed by atoms with Crippen LogP contribution in [-0.2, 0) is 13.0 Å². The third-order valence-corrected chi connectivity index (χ3v) is 6.56. The van der Waals surface area contributed by atoms with Crippen molar-refractivity contribution in [3.63, 3.8) is 0 Å². The minimum Gasteiger partial charge on any atom is -0.368 e. The van der Waals surface area contributed by atoms with Crippen LogP contribution in [0.4, 0.5) is 5.82 Å². The van der Waals surface area contributed by atoms with Gasteiger partial charge in [0.05, 0.1) is 5.39 Å². The van der Waals surface area contributed by atoms with Crippen LogP contribution in [-0.4, -0.2) is 74.1 Å². The van der Waals surface area contributed by atoms with Crippen molar-refractivity contribution < 1.29 is 0 Å². The number of rotatable bonds is 8. The van der Waals surface area contributed by atoms with Crippen LogP contribution < -0.4 is 5.32 Å². The van der Waals surface area contributed by atoms with Gasteiger partial charge in [0.1, 0.15) is 10.6 Å². The molecule has 9 heteroatoms. The van der Waals surface area contributed by atoms with Crippen LogP contribution >= 0.6 is 11.3 Å². The van der Waals surface area contributed by atoms with E-state index in [9.17, 15) is 0 Å². The summed E-state index contributed by atoms with van der Waals surface area (Å²) in [6, 6.07) is 0.